The van der Waals surface area contributed by atoms with E-state index in [9.17, 15) is 9.59 Å². The van der Waals surface area contributed by atoms with Crippen molar-refractivity contribution in [3.05, 3.63) is 82.1 Å². The van der Waals surface area contributed by atoms with E-state index in [-0.39, 0.29) is 29.5 Å². The number of H-pyrrole nitrogens is 1. The van der Waals surface area contributed by atoms with Gasteiger partial charge < -0.3 is 5.32 Å². The highest BCUT2D eigenvalue weighted by Gasteiger charge is 2.14. The number of carbonyl (C=O) groups excluding carboxylic acids is 1. The predicted molar refractivity (Wildman–Crippen MR) is 103 cm³/mol. The maximum atomic E-state index is 12.4. The minimum atomic E-state index is -0.360. The van der Waals surface area contributed by atoms with Crippen molar-refractivity contribution in [3.8, 4) is 11.4 Å². The molecule has 0 aliphatic carbocycles. The van der Waals surface area contributed by atoms with Crippen LogP contribution in [-0.4, -0.2) is 25.5 Å². The third-order valence-corrected chi connectivity index (χ3v) is 4.20. The quantitative estimate of drug-likeness (QED) is 0.586. The van der Waals surface area contributed by atoms with Crippen molar-refractivity contribution >= 4 is 17.5 Å². The van der Waals surface area contributed by atoms with Crippen LogP contribution in [0.1, 0.15) is 11.1 Å². The summed E-state index contributed by atoms with van der Waals surface area (Å²) in [5.74, 6) is 0.798. The van der Waals surface area contributed by atoms with E-state index < -0.39 is 0 Å². The minimum absolute atomic E-state index is 0.203. The molecule has 0 radical (unpaired) electrons. The number of nitrogens with one attached hydrogen (secondary N) is 2. The van der Waals surface area contributed by atoms with Gasteiger partial charge in [0.1, 0.15) is 5.82 Å². The highest BCUT2D eigenvalue weighted by molar-refractivity contribution is 5.91. The number of fused-ring (bicyclic) bond motifs is 1. The molecule has 0 saturated carbocycles. The van der Waals surface area contributed by atoms with Crippen molar-refractivity contribution < 1.29 is 4.79 Å². The van der Waals surface area contributed by atoms with Crippen LogP contribution in [-0.2, 0) is 11.2 Å². The number of aryl methyl sites for hydroxylation is 1. The van der Waals surface area contributed by atoms with Crippen molar-refractivity contribution in [2.24, 2.45) is 0 Å². The molecule has 0 fully saturated rings. The van der Waals surface area contributed by atoms with Crippen molar-refractivity contribution in [1.82, 2.24) is 19.6 Å². The smallest absolute Gasteiger partial charge is 0.254 e. The van der Waals surface area contributed by atoms with Crippen molar-refractivity contribution in [2.75, 3.05) is 5.32 Å². The van der Waals surface area contributed by atoms with Gasteiger partial charge in [-0.15, -0.1) is 5.10 Å². The van der Waals surface area contributed by atoms with Crippen molar-refractivity contribution in [3.63, 3.8) is 0 Å². The van der Waals surface area contributed by atoms with E-state index in [4.69, 9.17) is 0 Å². The summed E-state index contributed by atoms with van der Waals surface area (Å²) in [6.07, 6.45) is 0.203. The number of aromatic amines is 1. The number of rotatable bonds is 4. The first-order valence-corrected chi connectivity index (χ1v) is 8.50. The van der Waals surface area contributed by atoms with E-state index in [0.29, 0.717) is 5.82 Å². The summed E-state index contributed by atoms with van der Waals surface area (Å²) < 4.78 is 1.44. The van der Waals surface area contributed by atoms with Gasteiger partial charge in [0, 0.05) is 11.6 Å². The van der Waals surface area contributed by atoms with E-state index in [1.165, 1.54) is 10.6 Å². The highest BCUT2D eigenvalue weighted by atomic mass is 16.2. The molecule has 0 saturated heterocycles. The standard InChI is InChI=1S/C20H17N5O2/c1-13-7-5-6-10-15(13)19-23-20-22-18(27)12-16(25(20)24-19)21-17(26)11-14-8-3-2-4-9-14/h2-10,12H,11H2,1H3,(H,21,26)(H,22,23,24,27). The fourth-order valence-corrected chi connectivity index (χ4v) is 2.89. The molecule has 0 aliphatic rings. The first-order chi connectivity index (χ1) is 13.1. The number of benzene rings is 2. The summed E-state index contributed by atoms with van der Waals surface area (Å²) in [5, 5.41) is 7.22. The van der Waals surface area contributed by atoms with Crippen LogP contribution in [0.5, 0.6) is 0 Å². The zero-order valence-corrected chi connectivity index (χ0v) is 14.6. The Kier molecular flexibility index (Phi) is 4.25. The molecule has 134 valence electrons. The lowest BCUT2D eigenvalue weighted by atomic mass is 10.1. The fourth-order valence-electron chi connectivity index (χ4n) is 2.89. The third kappa shape index (κ3) is 3.48. The number of anilines is 1. The van der Waals surface area contributed by atoms with Crippen LogP contribution in [0.4, 0.5) is 5.82 Å². The lowest BCUT2D eigenvalue weighted by Crippen LogP contribution is -2.20. The molecular formula is C20H17N5O2. The Morgan fingerprint density at radius 3 is 2.63 bits per heavy atom. The van der Waals surface area contributed by atoms with Crippen LogP contribution in [0.25, 0.3) is 17.2 Å². The predicted octanol–water partition coefficient (Wildman–Crippen LogP) is 2.57. The number of amides is 1. The zero-order valence-electron chi connectivity index (χ0n) is 14.6. The van der Waals surface area contributed by atoms with E-state index >= 15 is 0 Å². The van der Waals surface area contributed by atoms with Crippen LogP contribution in [0.15, 0.2) is 65.5 Å². The van der Waals surface area contributed by atoms with Crippen LogP contribution in [0, 0.1) is 6.92 Å². The third-order valence-electron chi connectivity index (χ3n) is 4.20. The zero-order chi connectivity index (χ0) is 18.8. The summed E-state index contributed by atoms with van der Waals surface area (Å²) in [5.41, 5.74) is 2.41. The molecular weight excluding hydrogens is 342 g/mol. The molecule has 2 heterocycles. The Bertz CT molecular complexity index is 1180. The molecule has 2 aromatic carbocycles. The van der Waals surface area contributed by atoms with Crippen LogP contribution >= 0.6 is 0 Å². The second-order valence-electron chi connectivity index (χ2n) is 6.22. The second-order valence-corrected chi connectivity index (χ2v) is 6.22. The van der Waals surface area contributed by atoms with Gasteiger partial charge in [-0.1, -0.05) is 54.6 Å². The van der Waals surface area contributed by atoms with Gasteiger partial charge in [0.2, 0.25) is 11.7 Å². The van der Waals surface area contributed by atoms with E-state index in [1.54, 1.807) is 0 Å². The van der Waals surface area contributed by atoms with Gasteiger partial charge in [-0.25, -0.2) is 0 Å². The number of hydrogen-bond donors (Lipinski definition) is 2. The second kappa shape index (κ2) is 6.87. The summed E-state index contributed by atoms with van der Waals surface area (Å²) in [4.78, 5) is 31.4. The largest absolute Gasteiger partial charge is 0.310 e. The van der Waals surface area contributed by atoms with Gasteiger partial charge in [0.15, 0.2) is 5.82 Å². The van der Waals surface area contributed by atoms with Gasteiger partial charge in [0.05, 0.1) is 6.42 Å². The molecule has 0 spiro atoms. The molecule has 27 heavy (non-hydrogen) atoms. The van der Waals surface area contributed by atoms with Crippen LogP contribution < -0.4 is 10.9 Å². The maximum Gasteiger partial charge on any atom is 0.254 e. The lowest BCUT2D eigenvalue weighted by Gasteiger charge is -2.06. The highest BCUT2D eigenvalue weighted by Crippen LogP contribution is 2.20. The monoisotopic (exact) mass is 359 g/mol. The Morgan fingerprint density at radius 2 is 1.85 bits per heavy atom. The SMILES string of the molecule is Cc1ccccc1-c1nc2[nH]c(=O)cc(NC(=O)Cc3ccccc3)n2n1. The lowest BCUT2D eigenvalue weighted by molar-refractivity contribution is -0.115. The average molecular weight is 359 g/mol. The van der Waals surface area contributed by atoms with Crippen molar-refractivity contribution in [2.45, 2.75) is 13.3 Å². The Hall–Kier alpha value is -3.74. The summed E-state index contributed by atoms with van der Waals surface area (Å²) in [7, 11) is 0. The van der Waals surface area contributed by atoms with E-state index in [1.807, 2.05) is 61.5 Å². The summed E-state index contributed by atoms with van der Waals surface area (Å²) in [6, 6.07) is 18.4. The molecule has 0 unspecified atom stereocenters. The van der Waals surface area contributed by atoms with Gasteiger partial charge in [0.25, 0.3) is 5.56 Å². The first-order valence-electron chi connectivity index (χ1n) is 8.50. The maximum absolute atomic E-state index is 12.4. The van der Waals surface area contributed by atoms with Gasteiger partial charge >= 0.3 is 0 Å². The molecule has 4 rings (SSSR count). The van der Waals surface area contributed by atoms with Crippen LogP contribution in [0.2, 0.25) is 0 Å². The van der Waals surface area contributed by atoms with Gasteiger partial charge in [-0.05, 0) is 18.1 Å². The average Bonchev–Trinajstić information content (AvgIpc) is 3.06. The summed E-state index contributed by atoms with van der Waals surface area (Å²) >= 11 is 0. The molecule has 2 aromatic heterocycles. The Morgan fingerprint density at radius 1 is 1.11 bits per heavy atom. The number of aromatic nitrogens is 4. The fraction of sp³-hybridized carbons (Fsp3) is 0.100. The molecule has 7 heteroatoms. The summed E-state index contributed by atoms with van der Waals surface area (Å²) in [6.45, 7) is 1.96. The molecule has 4 aromatic rings. The Balaban J connectivity index is 1.69. The minimum Gasteiger partial charge on any atom is -0.310 e. The number of carbonyl (C=O) groups is 1. The van der Waals surface area contributed by atoms with Gasteiger partial charge in [-0.2, -0.15) is 9.50 Å². The molecule has 1 amide bonds. The molecule has 2 N–H and O–H groups in total. The van der Waals surface area contributed by atoms with Crippen molar-refractivity contribution in [1.29, 1.82) is 0 Å². The molecule has 7 nitrogen and oxygen atoms in total. The normalized spacial score (nSPS) is 10.9. The van der Waals surface area contributed by atoms with Gasteiger partial charge in [-0.3, -0.25) is 14.6 Å². The van der Waals surface area contributed by atoms with Crippen LogP contribution in [0.3, 0.4) is 0 Å². The molecule has 0 bridgehead atoms. The van der Waals surface area contributed by atoms with E-state index in [2.05, 4.69) is 20.4 Å². The molecule has 0 aliphatic heterocycles. The first kappa shape index (κ1) is 16.7. The number of nitrogens with zero attached hydrogens (tertiary/aromatic N) is 3. The Labute approximate surface area is 154 Å². The topological polar surface area (TPSA) is 92.1 Å². The van der Waals surface area contributed by atoms with E-state index in [0.717, 1.165) is 16.7 Å². The number of hydrogen-bond acceptors (Lipinski definition) is 4. The molecule has 0 atom stereocenters.